The van der Waals surface area contributed by atoms with E-state index >= 15 is 0 Å². The maximum atomic E-state index is 13.7. The van der Waals surface area contributed by atoms with Crippen LogP contribution in [0.5, 0.6) is 0 Å². The fourth-order valence-corrected chi connectivity index (χ4v) is 4.09. The highest BCUT2D eigenvalue weighted by molar-refractivity contribution is 5.35. The summed E-state index contributed by atoms with van der Waals surface area (Å²) in [5, 5.41) is 8.98. The van der Waals surface area contributed by atoms with Crippen LogP contribution in [-0.4, -0.2) is 23.9 Å². The molecule has 3 rings (SSSR count). The van der Waals surface area contributed by atoms with E-state index in [1.54, 1.807) is 6.07 Å². The fourth-order valence-electron chi connectivity index (χ4n) is 4.09. The molecule has 0 bridgehead atoms. The van der Waals surface area contributed by atoms with Gasteiger partial charge in [-0.3, -0.25) is 4.90 Å². The third-order valence-electron chi connectivity index (χ3n) is 5.38. The number of nitrogens with zero attached hydrogens (tertiary/aromatic N) is 2. The smallest absolute Gasteiger partial charge is 0.245 e. The summed E-state index contributed by atoms with van der Waals surface area (Å²) in [6.45, 7) is 2.17. The van der Waals surface area contributed by atoms with Gasteiger partial charge >= 0.3 is 0 Å². The molecule has 1 aromatic rings. The Morgan fingerprint density at radius 3 is 2.77 bits per heavy atom. The standard InChI is InChI=1S/C17H19F3N2/c1-2-17(16(19)20)8-14-3-4-15(22(14)10-17)12-5-11(9-21)6-13(18)7-12/h5-7,14-16H,2-4,8,10H2,1H3/t14-,15+,17+/m0/s1. The molecule has 5 heteroatoms. The van der Waals surface area contributed by atoms with E-state index < -0.39 is 17.7 Å². The lowest BCUT2D eigenvalue weighted by molar-refractivity contribution is -0.00529. The maximum Gasteiger partial charge on any atom is 0.245 e. The van der Waals surface area contributed by atoms with Crippen LogP contribution in [0.25, 0.3) is 0 Å². The predicted molar refractivity (Wildman–Crippen MR) is 76.9 cm³/mol. The summed E-state index contributed by atoms with van der Waals surface area (Å²) in [5.74, 6) is -0.438. The van der Waals surface area contributed by atoms with E-state index in [-0.39, 0.29) is 17.6 Å². The molecule has 0 N–H and O–H groups in total. The number of rotatable bonds is 3. The Morgan fingerprint density at radius 2 is 2.14 bits per heavy atom. The summed E-state index contributed by atoms with van der Waals surface area (Å²) >= 11 is 0. The van der Waals surface area contributed by atoms with E-state index in [2.05, 4.69) is 4.90 Å². The molecule has 0 amide bonds. The molecule has 2 saturated heterocycles. The first kappa shape index (κ1) is 15.4. The molecule has 2 nitrogen and oxygen atoms in total. The average molecular weight is 308 g/mol. The van der Waals surface area contributed by atoms with Gasteiger partial charge in [0.25, 0.3) is 0 Å². The second-order valence-electron chi connectivity index (χ2n) is 6.53. The Balaban J connectivity index is 1.89. The molecular weight excluding hydrogens is 289 g/mol. The summed E-state index contributed by atoms with van der Waals surface area (Å²) in [6, 6.07) is 6.37. The molecule has 2 heterocycles. The van der Waals surface area contributed by atoms with Crippen LogP contribution in [0, 0.1) is 22.6 Å². The molecule has 0 aliphatic carbocycles. The van der Waals surface area contributed by atoms with Crippen molar-refractivity contribution in [3.8, 4) is 6.07 Å². The topological polar surface area (TPSA) is 27.0 Å². The van der Waals surface area contributed by atoms with Crippen LogP contribution in [0.4, 0.5) is 13.2 Å². The number of benzene rings is 1. The summed E-state index contributed by atoms with van der Waals surface area (Å²) < 4.78 is 40.6. The molecule has 0 unspecified atom stereocenters. The molecule has 2 aliphatic rings. The van der Waals surface area contributed by atoms with Gasteiger partial charge in [-0.05, 0) is 49.4 Å². The van der Waals surface area contributed by atoms with Crippen LogP contribution in [0.3, 0.4) is 0 Å². The highest BCUT2D eigenvalue weighted by Gasteiger charge is 2.52. The van der Waals surface area contributed by atoms with Crippen molar-refractivity contribution < 1.29 is 13.2 Å². The molecule has 3 atom stereocenters. The highest BCUT2D eigenvalue weighted by Crippen LogP contribution is 2.51. The third kappa shape index (κ3) is 2.40. The van der Waals surface area contributed by atoms with E-state index in [1.807, 2.05) is 13.0 Å². The first-order chi connectivity index (χ1) is 10.5. The molecule has 22 heavy (non-hydrogen) atoms. The second-order valence-corrected chi connectivity index (χ2v) is 6.53. The van der Waals surface area contributed by atoms with Crippen molar-refractivity contribution in [1.29, 1.82) is 5.26 Å². The number of nitriles is 1. The van der Waals surface area contributed by atoms with Crippen LogP contribution in [0.15, 0.2) is 18.2 Å². The van der Waals surface area contributed by atoms with Crippen molar-refractivity contribution in [3.05, 3.63) is 35.1 Å². The van der Waals surface area contributed by atoms with Gasteiger partial charge in [0.15, 0.2) is 0 Å². The van der Waals surface area contributed by atoms with Gasteiger partial charge in [-0.2, -0.15) is 5.26 Å². The molecular formula is C17H19F3N2. The predicted octanol–water partition coefficient (Wildman–Crippen LogP) is 4.27. The van der Waals surface area contributed by atoms with Crippen molar-refractivity contribution in [2.75, 3.05) is 6.54 Å². The van der Waals surface area contributed by atoms with Crippen LogP contribution in [-0.2, 0) is 0 Å². The van der Waals surface area contributed by atoms with Crippen molar-refractivity contribution >= 4 is 0 Å². The van der Waals surface area contributed by atoms with Gasteiger partial charge in [0.2, 0.25) is 6.43 Å². The first-order valence-corrected chi connectivity index (χ1v) is 7.73. The van der Waals surface area contributed by atoms with E-state index in [0.717, 1.165) is 18.4 Å². The molecule has 0 aromatic heterocycles. The molecule has 0 saturated carbocycles. The summed E-state index contributed by atoms with van der Waals surface area (Å²) in [5.41, 5.74) is 0.0859. The van der Waals surface area contributed by atoms with Crippen molar-refractivity contribution in [3.63, 3.8) is 0 Å². The Bertz CT molecular complexity index is 610. The largest absolute Gasteiger partial charge is 0.293 e. The van der Waals surface area contributed by atoms with E-state index in [4.69, 9.17) is 5.26 Å². The molecule has 0 spiro atoms. The lowest BCUT2D eigenvalue weighted by Gasteiger charge is -2.30. The average Bonchev–Trinajstić information content (AvgIpc) is 3.04. The van der Waals surface area contributed by atoms with Crippen LogP contribution < -0.4 is 0 Å². The SMILES string of the molecule is CC[C@@]1(C(F)F)C[C@@H]2CC[C@H](c3cc(F)cc(C#N)c3)N2C1. The van der Waals surface area contributed by atoms with Crippen molar-refractivity contribution in [2.24, 2.45) is 5.41 Å². The molecule has 2 fully saturated rings. The second kappa shape index (κ2) is 5.58. The molecule has 118 valence electrons. The lowest BCUT2D eigenvalue weighted by atomic mass is 9.82. The number of halogens is 3. The van der Waals surface area contributed by atoms with Crippen molar-refractivity contribution in [1.82, 2.24) is 4.90 Å². The lowest BCUT2D eigenvalue weighted by Crippen LogP contribution is -2.34. The monoisotopic (exact) mass is 308 g/mol. The molecule has 2 aliphatic heterocycles. The van der Waals surface area contributed by atoms with Gasteiger partial charge in [0.05, 0.1) is 11.6 Å². The highest BCUT2D eigenvalue weighted by atomic mass is 19.3. The summed E-state index contributed by atoms with van der Waals surface area (Å²) in [4.78, 5) is 2.10. The van der Waals surface area contributed by atoms with E-state index in [1.165, 1.54) is 12.1 Å². The number of alkyl halides is 2. The first-order valence-electron chi connectivity index (χ1n) is 7.73. The Hall–Kier alpha value is -1.54. The minimum atomic E-state index is -2.33. The van der Waals surface area contributed by atoms with Crippen LogP contribution in [0.2, 0.25) is 0 Å². The zero-order valence-corrected chi connectivity index (χ0v) is 12.5. The Morgan fingerprint density at radius 1 is 1.36 bits per heavy atom. The normalized spacial score (nSPS) is 31.5. The van der Waals surface area contributed by atoms with Gasteiger partial charge in [-0.15, -0.1) is 0 Å². The quantitative estimate of drug-likeness (QED) is 0.834. The zero-order chi connectivity index (χ0) is 15.9. The zero-order valence-electron chi connectivity index (χ0n) is 12.5. The Kier molecular flexibility index (Phi) is 3.90. The van der Waals surface area contributed by atoms with Gasteiger partial charge in [-0.25, -0.2) is 13.2 Å². The Labute approximate surface area is 128 Å². The van der Waals surface area contributed by atoms with Crippen molar-refractivity contribution in [2.45, 2.75) is 51.1 Å². The fraction of sp³-hybridized carbons (Fsp3) is 0.588. The van der Waals surface area contributed by atoms with Gasteiger partial charge in [-0.1, -0.05) is 6.92 Å². The minimum absolute atomic E-state index is 0.0556. The van der Waals surface area contributed by atoms with E-state index in [0.29, 0.717) is 19.4 Å². The van der Waals surface area contributed by atoms with Gasteiger partial charge in [0, 0.05) is 24.0 Å². The summed E-state index contributed by atoms with van der Waals surface area (Å²) in [7, 11) is 0. The number of hydrogen-bond acceptors (Lipinski definition) is 2. The molecule has 1 aromatic carbocycles. The number of fused-ring (bicyclic) bond motifs is 1. The number of hydrogen-bond donors (Lipinski definition) is 0. The van der Waals surface area contributed by atoms with Crippen LogP contribution >= 0.6 is 0 Å². The van der Waals surface area contributed by atoms with E-state index in [9.17, 15) is 13.2 Å². The van der Waals surface area contributed by atoms with Gasteiger partial charge in [0.1, 0.15) is 5.82 Å². The third-order valence-corrected chi connectivity index (χ3v) is 5.38. The summed E-state index contributed by atoms with van der Waals surface area (Å²) in [6.07, 6.45) is 0.333. The molecule has 0 radical (unpaired) electrons. The van der Waals surface area contributed by atoms with Gasteiger partial charge < -0.3 is 0 Å². The minimum Gasteiger partial charge on any atom is -0.293 e. The maximum absolute atomic E-state index is 13.7. The van der Waals surface area contributed by atoms with Crippen LogP contribution in [0.1, 0.15) is 49.8 Å².